The minimum absolute atomic E-state index is 0.155. The maximum absolute atomic E-state index is 11.5. The number of hydrogen-bond donors (Lipinski definition) is 1. The zero-order chi connectivity index (χ0) is 11.5. The molecule has 2 atom stereocenters. The van der Waals surface area contributed by atoms with Crippen LogP contribution in [0.3, 0.4) is 0 Å². The van der Waals surface area contributed by atoms with Gasteiger partial charge in [0, 0.05) is 6.54 Å². The predicted molar refractivity (Wildman–Crippen MR) is 54.9 cm³/mol. The number of nitrogens with zero attached hydrogens (tertiary/aromatic N) is 1. The average molecular weight is 228 g/mol. The number of esters is 1. The minimum atomic E-state index is -0.376. The molecule has 2 unspecified atom stereocenters. The highest BCUT2D eigenvalue weighted by molar-refractivity contribution is 5.76. The Kier molecular flexibility index (Phi) is 3.28. The highest BCUT2D eigenvalue weighted by atomic mass is 16.6. The molecule has 2 aliphatic rings. The second-order valence-corrected chi connectivity index (χ2v) is 4.08. The number of likely N-dealkylation sites (tertiary alicyclic amines) is 1. The van der Waals surface area contributed by atoms with Crippen molar-refractivity contribution in [3.63, 3.8) is 0 Å². The van der Waals surface area contributed by atoms with Crippen LogP contribution in [-0.4, -0.2) is 55.9 Å². The molecule has 0 bridgehead atoms. The molecular weight excluding hydrogens is 212 g/mol. The van der Waals surface area contributed by atoms with Gasteiger partial charge in [-0.1, -0.05) is 0 Å². The Morgan fingerprint density at radius 3 is 3.12 bits per heavy atom. The number of amides is 1. The molecule has 0 aliphatic carbocycles. The summed E-state index contributed by atoms with van der Waals surface area (Å²) in [5.41, 5.74) is 0. The summed E-state index contributed by atoms with van der Waals surface area (Å²) in [7, 11) is 1.40. The molecule has 0 aromatic heterocycles. The van der Waals surface area contributed by atoms with E-state index in [4.69, 9.17) is 9.47 Å². The molecule has 0 radical (unpaired) electrons. The van der Waals surface area contributed by atoms with Crippen LogP contribution in [0.15, 0.2) is 0 Å². The minimum Gasteiger partial charge on any atom is -0.468 e. The van der Waals surface area contributed by atoms with Gasteiger partial charge in [-0.2, -0.15) is 0 Å². The maximum atomic E-state index is 11.5. The molecule has 1 amide bonds. The summed E-state index contributed by atoms with van der Waals surface area (Å²) in [6.45, 7) is 1.97. The van der Waals surface area contributed by atoms with Crippen molar-refractivity contribution in [3.8, 4) is 0 Å². The number of rotatable bonds is 3. The van der Waals surface area contributed by atoms with Gasteiger partial charge in [-0.05, 0) is 19.4 Å². The smallest absolute Gasteiger partial charge is 0.407 e. The molecule has 1 N–H and O–H groups in total. The highest BCUT2D eigenvalue weighted by Crippen LogP contribution is 2.19. The lowest BCUT2D eigenvalue weighted by Crippen LogP contribution is -2.42. The normalized spacial score (nSPS) is 29.9. The van der Waals surface area contributed by atoms with Crippen LogP contribution >= 0.6 is 0 Å². The van der Waals surface area contributed by atoms with Gasteiger partial charge in [-0.25, -0.2) is 4.79 Å². The number of nitrogens with one attached hydrogen (secondary N) is 1. The van der Waals surface area contributed by atoms with Gasteiger partial charge in [0.15, 0.2) is 0 Å². The van der Waals surface area contributed by atoms with Gasteiger partial charge in [0.25, 0.3) is 0 Å². The fourth-order valence-corrected chi connectivity index (χ4v) is 2.24. The topological polar surface area (TPSA) is 67.9 Å². The third-order valence-corrected chi connectivity index (χ3v) is 3.02. The Balaban J connectivity index is 1.88. The molecule has 2 aliphatic heterocycles. The monoisotopic (exact) mass is 228 g/mol. The third-order valence-electron chi connectivity index (χ3n) is 3.02. The summed E-state index contributed by atoms with van der Waals surface area (Å²) in [4.78, 5) is 24.4. The molecule has 0 spiro atoms. The molecule has 6 heteroatoms. The Morgan fingerprint density at radius 1 is 1.69 bits per heavy atom. The summed E-state index contributed by atoms with van der Waals surface area (Å²) < 4.78 is 9.79. The molecule has 2 heterocycles. The Bertz CT molecular complexity index is 295. The van der Waals surface area contributed by atoms with Crippen LogP contribution in [-0.2, 0) is 14.3 Å². The van der Waals surface area contributed by atoms with Crippen LogP contribution in [0.1, 0.15) is 12.8 Å². The second kappa shape index (κ2) is 4.69. The van der Waals surface area contributed by atoms with Gasteiger partial charge in [0.1, 0.15) is 12.1 Å². The first-order valence-corrected chi connectivity index (χ1v) is 5.47. The van der Waals surface area contributed by atoms with Crippen LogP contribution in [0, 0.1) is 0 Å². The molecule has 0 aromatic rings. The Morgan fingerprint density at radius 2 is 2.50 bits per heavy atom. The lowest BCUT2D eigenvalue weighted by Gasteiger charge is -2.24. The molecule has 16 heavy (non-hydrogen) atoms. The summed E-state index contributed by atoms with van der Waals surface area (Å²) in [6.07, 6.45) is 1.27. The van der Waals surface area contributed by atoms with E-state index in [0.717, 1.165) is 19.4 Å². The lowest BCUT2D eigenvalue weighted by atomic mass is 10.2. The van der Waals surface area contributed by atoms with E-state index in [1.54, 1.807) is 0 Å². The van der Waals surface area contributed by atoms with E-state index in [0.29, 0.717) is 13.1 Å². The van der Waals surface area contributed by atoms with Crippen LogP contribution in [0.2, 0.25) is 0 Å². The molecule has 2 fully saturated rings. The standard InChI is InChI=1S/C10H16N2O4/c1-15-9(13)8-3-2-4-12(8)6-7-5-11-10(14)16-7/h7-8H,2-6H2,1H3,(H,11,14). The molecule has 90 valence electrons. The first-order valence-electron chi connectivity index (χ1n) is 5.47. The molecule has 0 aromatic carbocycles. The van der Waals surface area contributed by atoms with Crippen LogP contribution in [0.5, 0.6) is 0 Å². The van der Waals surface area contributed by atoms with E-state index in [1.807, 2.05) is 4.90 Å². The number of cyclic esters (lactones) is 1. The zero-order valence-corrected chi connectivity index (χ0v) is 9.27. The summed E-state index contributed by atoms with van der Waals surface area (Å²) in [5.74, 6) is -0.199. The Labute approximate surface area is 93.9 Å². The SMILES string of the molecule is COC(=O)C1CCCN1CC1CNC(=O)O1. The number of carbonyl (C=O) groups is 2. The van der Waals surface area contributed by atoms with E-state index in [-0.39, 0.29) is 24.2 Å². The number of ether oxygens (including phenoxy) is 2. The van der Waals surface area contributed by atoms with Crippen molar-refractivity contribution in [2.75, 3.05) is 26.7 Å². The van der Waals surface area contributed by atoms with Gasteiger partial charge in [0.2, 0.25) is 0 Å². The summed E-state index contributed by atoms with van der Waals surface area (Å²) in [5, 5.41) is 2.60. The van der Waals surface area contributed by atoms with E-state index < -0.39 is 0 Å². The van der Waals surface area contributed by atoms with Gasteiger partial charge < -0.3 is 14.8 Å². The molecular formula is C10H16N2O4. The third kappa shape index (κ3) is 2.27. The van der Waals surface area contributed by atoms with Gasteiger partial charge >= 0.3 is 12.1 Å². The van der Waals surface area contributed by atoms with E-state index in [1.165, 1.54) is 7.11 Å². The van der Waals surface area contributed by atoms with Crippen molar-refractivity contribution >= 4 is 12.1 Å². The maximum Gasteiger partial charge on any atom is 0.407 e. The largest absolute Gasteiger partial charge is 0.468 e. The molecule has 6 nitrogen and oxygen atoms in total. The quantitative estimate of drug-likeness (QED) is 0.674. The zero-order valence-electron chi connectivity index (χ0n) is 9.27. The second-order valence-electron chi connectivity index (χ2n) is 4.08. The first-order chi connectivity index (χ1) is 7.70. The fourth-order valence-electron chi connectivity index (χ4n) is 2.24. The number of carbonyl (C=O) groups excluding carboxylic acids is 2. The summed E-state index contributed by atoms with van der Waals surface area (Å²) in [6, 6.07) is -0.177. The van der Waals surface area contributed by atoms with E-state index in [2.05, 4.69) is 5.32 Å². The van der Waals surface area contributed by atoms with Crippen LogP contribution in [0.25, 0.3) is 0 Å². The molecule has 2 saturated heterocycles. The fraction of sp³-hybridized carbons (Fsp3) is 0.800. The number of methoxy groups -OCH3 is 1. The van der Waals surface area contributed by atoms with Crippen LogP contribution in [0.4, 0.5) is 4.79 Å². The van der Waals surface area contributed by atoms with E-state index in [9.17, 15) is 9.59 Å². The number of hydrogen-bond acceptors (Lipinski definition) is 5. The van der Waals surface area contributed by atoms with Crippen LogP contribution < -0.4 is 5.32 Å². The lowest BCUT2D eigenvalue weighted by molar-refractivity contribution is -0.146. The van der Waals surface area contributed by atoms with Crippen molar-refractivity contribution in [3.05, 3.63) is 0 Å². The predicted octanol–water partition coefficient (Wildman–Crippen LogP) is -0.268. The van der Waals surface area contributed by atoms with Crippen molar-refractivity contribution in [1.29, 1.82) is 0 Å². The van der Waals surface area contributed by atoms with Crippen molar-refractivity contribution in [1.82, 2.24) is 10.2 Å². The van der Waals surface area contributed by atoms with Crippen molar-refractivity contribution < 1.29 is 19.1 Å². The van der Waals surface area contributed by atoms with E-state index >= 15 is 0 Å². The van der Waals surface area contributed by atoms with Gasteiger partial charge in [0.05, 0.1) is 13.7 Å². The highest BCUT2D eigenvalue weighted by Gasteiger charge is 2.35. The summed E-state index contributed by atoms with van der Waals surface area (Å²) >= 11 is 0. The van der Waals surface area contributed by atoms with Crippen molar-refractivity contribution in [2.24, 2.45) is 0 Å². The molecule has 2 rings (SSSR count). The van der Waals surface area contributed by atoms with Gasteiger partial charge in [-0.3, -0.25) is 9.69 Å². The van der Waals surface area contributed by atoms with Crippen molar-refractivity contribution in [2.45, 2.75) is 25.0 Å². The Hall–Kier alpha value is -1.30. The number of alkyl carbamates (subject to hydrolysis) is 1. The van der Waals surface area contributed by atoms with Gasteiger partial charge in [-0.15, -0.1) is 0 Å². The average Bonchev–Trinajstić information content (AvgIpc) is 2.87. The molecule has 0 saturated carbocycles. The first kappa shape index (κ1) is 11.2.